The van der Waals surface area contributed by atoms with E-state index in [0.717, 1.165) is 5.01 Å². The fourth-order valence-electron chi connectivity index (χ4n) is 2.78. The van der Waals surface area contributed by atoms with E-state index in [2.05, 4.69) is 9.84 Å². The number of aliphatic hydroxyl groups excluding tert-OH is 1. The van der Waals surface area contributed by atoms with Gasteiger partial charge in [-0.3, -0.25) is 14.5 Å². The molecule has 1 atom stereocenters. The van der Waals surface area contributed by atoms with Crippen LogP contribution in [0, 0.1) is 5.82 Å². The minimum absolute atomic E-state index is 0.138. The zero-order valence-corrected chi connectivity index (χ0v) is 15.1. The molecule has 2 heterocycles. The lowest BCUT2D eigenvalue weighted by Gasteiger charge is -2.29. The largest absolute Gasteiger partial charge is 0.456 e. The molecule has 1 unspecified atom stereocenters. The maximum absolute atomic E-state index is 14.6. The normalized spacial score (nSPS) is 19.0. The highest BCUT2D eigenvalue weighted by Gasteiger charge is 2.32. The fraction of sp³-hybridized carbons (Fsp3) is 0.412. The number of cyclic esters (lactones) is 1. The van der Waals surface area contributed by atoms with Crippen molar-refractivity contribution >= 4 is 35.7 Å². The number of ether oxygens (including phenoxy) is 2. The first-order chi connectivity index (χ1) is 13.4. The maximum atomic E-state index is 14.6. The smallest absolute Gasteiger partial charge is 0.414 e. The zero-order valence-electron chi connectivity index (χ0n) is 15.1. The molecule has 2 aliphatic rings. The predicted molar refractivity (Wildman–Crippen MR) is 95.3 cm³/mol. The summed E-state index contributed by atoms with van der Waals surface area (Å²) in [7, 11) is 0. The highest BCUT2D eigenvalue weighted by molar-refractivity contribution is 5.91. The molecule has 1 fully saturated rings. The number of anilines is 2. The van der Waals surface area contributed by atoms with Crippen molar-refractivity contribution in [3.05, 3.63) is 24.0 Å². The number of nitrogens with zero attached hydrogens (tertiary/aromatic N) is 4. The third kappa shape index (κ3) is 4.19. The molecule has 0 bridgehead atoms. The third-order valence-electron chi connectivity index (χ3n) is 4.20. The van der Waals surface area contributed by atoms with Crippen LogP contribution in [0.25, 0.3) is 0 Å². The number of aliphatic hydroxyl groups is 1. The number of carbonyl (C=O) groups excluding carboxylic acids is 3. The third-order valence-corrected chi connectivity index (χ3v) is 4.20. The Hall–Kier alpha value is -3.21. The van der Waals surface area contributed by atoms with Crippen LogP contribution in [0.15, 0.2) is 23.3 Å². The second-order valence-electron chi connectivity index (χ2n) is 6.16. The Morgan fingerprint density at radius 2 is 2.18 bits per heavy atom. The van der Waals surface area contributed by atoms with Gasteiger partial charge in [0.2, 0.25) is 0 Å². The number of esters is 1. The van der Waals surface area contributed by atoms with Gasteiger partial charge in [0.25, 0.3) is 5.91 Å². The van der Waals surface area contributed by atoms with Crippen LogP contribution >= 0.6 is 0 Å². The second kappa shape index (κ2) is 8.21. The van der Waals surface area contributed by atoms with Gasteiger partial charge in [-0.05, 0) is 18.2 Å². The number of carbonyl (C=O) groups is 3. The summed E-state index contributed by atoms with van der Waals surface area (Å²) >= 11 is 0. The van der Waals surface area contributed by atoms with Crippen LogP contribution < -0.4 is 9.80 Å². The first-order valence-corrected chi connectivity index (χ1v) is 8.52. The highest BCUT2D eigenvalue weighted by Crippen LogP contribution is 2.28. The van der Waals surface area contributed by atoms with Gasteiger partial charge in [-0.25, -0.2) is 14.2 Å². The molecule has 0 aliphatic carbocycles. The van der Waals surface area contributed by atoms with Crippen LogP contribution in [0.3, 0.4) is 0 Å². The lowest BCUT2D eigenvalue weighted by molar-refractivity contribution is -0.150. The van der Waals surface area contributed by atoms with E-state index >= 15 is 0 Å². The van der Waals surface area contributed by atoms with E-state index < -0.39 is 36.5 Å². The van der Waals surface area contributed by atoms with Crippen molar-refractivity contribution in [3.8, 4) is 0 Å². The minimum Gasteiger partial charge on any atom is -0.456 e. The van der Waals surface area contributed by atoms with Gasteiger partial charge in [0.1, 0.15) is 18.3 Å². The lowest BCUT2D eigenvalue weighted by atomic mass is 10.2. The average molecular weight is 394 g/mol. The maximum Gasteiger partial charge on any atom is 0.414 e. The van der Waals surface area contributed by atoms with Gasteiger partial charge in [0.05, 0.1) is 31.1 Å². The van der Waals surface area contributed by atoms with E-state index in [1.807, 2.05) is 0 Å². The summed E-state index contributed by atoms with van der Waals surface area (Å²) in [5.41, 5.74) is 0.542. The molecule has 11 heteroatoms. The van der Waals surface area contributed by atoms with Crippen LogP contribution in [0.1, 0.15) is 6.92 Å². The molecule has 2 aliphatic heterocycles. The lowest BCUT2D eigenvalue weighted by Crippen LogP contribution is -2.42. The molecule has 1 N–H and O–H groups in total. The summed E-state index contributed by atoms with van der Waals surface area (Å²) in [6.45, 7) is 1.10. The van der Waals surface area contributed by atoms with Crippen LogP contribution in [0.5, 0.6) is 0 Å². The molecule has 2 amide bonds. The molecule has 3 rings (SSSR count). The highest BCUT2D eigenvalue weighted by atomic mass is 19.1. The Labute approximate surface area is 159 Å². The number of hydrogen-bond donors (Lipinski definition) is 1. The zero-order chi connectivity index (χ0) is 20.3. The van der Waals surface area contributed by atoms with Crippen molar-refractivity contribution < 1.29 is 33.4 Å². The molecule has 0 aromatic heterocycles. The number of rotatable bonds is 5. The number of amides is 2. The summed E-state index contributed by atoms with van der Waals surface area (Å²) < 4.78 is 24.2. The van der Waals surface area contributed by atoms with Gasteiger partial charge >= 0.3 is 12.1 Å². The van der Waals surface area contributed by atoms with Gasteiger partial charge in [-0.15, -0.1) is 0 Å². The Morgan fingerprint density at radius 1 is 1.39 bits per heavy atom. The van der Waals surface area contributed by atoms with E-state index in [-0.39, 0.29) is 31.9 Å². The minimum atomic E-state index is -0.646. The quantitative estimate of drug-likeness (QED) is 0.715. The summed E-state index contributed by atoms with van der Waals surface area (Å²) in [6, 6.07) is 4.25. The van der Waals surface area contributed by atoms with Gasteiger partial charge < -0.3 is 19.5 Å². The Morgan fingerprint density at radius 3 is 2.75 bits per heavy atom. The molecular formula is C17H19FN4O6. The molecular weight excluding hydrogens is 375 g/mol. The SMILES string of the molecule is CC(=O)OCC(=O)N1CCN(c2ccc(N3CC(CO)OC3=O)cc2F)C=N1. The molecule has 0 spiro atoms. The summed E-state index contributed by atoms with van der Waals surface area (Å²) in [5, 5.41) is 14.2. The number of benzene rings is 1. The second-order valence-corrected chi connectivity index (χ2v) is 6.16. The number of hydrogen-bond acceptors (Lipinski definition) is 8. The van der Waals surface area contributed by atoms with E-state index in [0.29, 0.717) is 5.69 Å². The molecule has 1 saturated heterocycles. The molecule has 1 aromatic carbocycles. The van der Waals surface area contributed by atoms with Crippen LogP contribution in [-0.2, 0) is 19.1 Å². The molecule has 150 valence electrons. The molecule has 28 heavy (non-hydrogen) atoms. The Balaban J connectivity index is 1.67. The first-order valence-electron chi connectivity index (χ1n) is 8.52. The van der Waals surface area contributed by atoms with Crippen LogP contribution in [0.4, 0.5) is 20.6 Å². The molecule has 0 radical (unpaired) electrons. The standard InChI is InChI=1S/C17H19FN4O6/c1-11(24)27-9-16(25)22-5-4-20(10-19-22)15-3-2-12(6-14(15)18)21-7-13(8-23)28-17(21)26/h2-3,6,10,13,23H,4-5,7-9H2,1H3. The topological polar surface area (TPSA) is 112 Å². The van der Waals surface area contributed by atoms with Gasteiger partial charge in [-0.2, -0.15) is 5.10 Å². The van der Waals surface area contributed by atoms with Gasteiger partial charge in [-0.1, -0.05) is 0 Å². The van der Waals surface area contributed by atoms with Crippen molar-refractivity contribution in [1.29, 1.82) is 0 Å². The van der Waals surface area contributed by atoms with E-state index in [1.165, 1.54) is 35.2 Å². The van der Waals surface area contributed by atoms with Gasteiger partial charge in [0.15, 0.2) is 6.61 Å². The van der Waals surface area contributed by atoms with Crippen molar-refractivity contribution in [3.63, 3.8) is 0 Å². The van der Waals surface area contributed by atoms with E-state index in [9.17, 15) is 18.8 Å². The van der Waals surface area contributed by atoms with E-state index in [4.69, 9.17) is 9.84 Å². The van der Waals surface area contributed by atoms with Gasteiger partial charge in [0, 0.05) is 13.5 Å². The Kier molecular flexibility index (Phi) is 5.73. The molecule has 1 aromatic rings. The van der Waals surface area contributed by atoms with Crippen molar-refractivity contribution in [2.75, 3.05) is 42.6 Å². The van der Waals surface area contributed by atoms with Crippen molar-refractivity contribution in [2.45, 2.75) is 13.0 Å². The fourth-order valence-corrected chi connectivity index (χ4v) is 2.78. The number of hydrazone groups is 1. The van der Waals surface area contributed by atoms with Crippen molar-refractivity contribution in [2.24, 2.45) is 5.10 Å². The molecule has 0 saturated carbocycles. The summed E-state index contributed by atoms with van der Waals surface area (Å²) in [5.74, 6) is -1.62. The monoisotopic (exact) mass is 394 g/mol. The summed E-state index contributed by atoms with van der Waals surface area (Å²) in [4.78, 5) is 37.2. The van der Waals surface area contributed by atoms with E-state index in [1.54, 1.807) is 6.07 Å². The Bertz CT molecular complexity index is 817. The summed E-state index contributed by atoms with van der Waals surface area (Å²) in [6.07, 6.45) is 0.0201. The number of halogens is 1. The molecule has 10 nitrogen and oxygen atoms in total. The van der Waals surface area contributed by atoms with Crippen LogP contribution in [-0.4, -0.2) is 73.4 Å². The van der Waals surface area contributed by atoms with Crippen molar-refractivity contribution in [1.82, 2.24) is 5.01 Å². The van der Waals surface area contributed by atoms with Crippen LogP contribution in [0.2, 0.25) is 0 Å². The average Bonchev–Trinajstić information content (AvgIpc) is 3.07. The first kappa shape index (κ1) is 19.5. The predicted octanol–water partition coefficient (Wildman–Crippen LogP) is 0.298.